The number of nitrogens with one attached hydrogen (secondary N) is 1. The highest BCUT2D eigenvalue weighted by atomic mass is 32.1. The van der Waals surface area contributed by atoms with Gasteiger partial charge in [-0.1, -0.05) is 37.0 Å². The van der Waals surface area contributed by atoms with E-state index in [4.69, 9.17) is 0 Å². The van der Waals surface area contributed by atoms with Gasteiger partial charge < -0.3 is 10.2 Å². The normalized spacial score (nSPS) is 19.3. The lowest BCUT2D eigenvalue weighted by molar-refractivity contribution is 0.0926. The number of nitrogens with zero attached hydrogens (tertiary/aromatic N) is 4. The Hall–Kier alpha value is -1.89. The molecule has 4 rings (SSSR count). The van der Waals surface area contributed by atoms with Crippen molar-refractivity contribution in [3.8, 4) is 5.13 Å². The molecular formula is C19H27N5OS. The van der Waals surface area contributed by atoms with Crippen LogP contribution in [0.5, 0.6) is 0 Å². The van der Waals surface area contributed by atoms with Crippen molar-refractivity contribution < 1.29 is 4.79 Å². The molecule has 2 fully saturated rings. The van der Waals surface area contributed by atoms with Crippen LogP contribution in [0.15, 0.2) is 18.3 Å². The van der Waals surface area contributed by atoms with Crippen LogP contribution in [-0.2, 0) is 0 Å². The minimum absolute atomic E-state index is 0.00313. The number of hydrogen-bond donors (Lipinski definition) is 1. The van der Waals surface area contributed by atoms with Crippen LogP contribution in [0.4, 0.5) is 5.13 Å². The molecule has 140 valence electrons. The molecule has 1 saturated heterocycles. The molecule has 0 atom stereocenters. The van der Waals surface area contributed by atoms with E-state index >= 15 is 0 Å². The number of amides is 1. The lowest BCUT2D eigenvalue weighted by atomic mass is 10.1. The molecule has 6 nitrogen and oxygen atoms in total. The van der Waals surface area contributed by atoms with Crippen LogP contribution in [-0.4, -0.2) is 39.8 Å². The van der Waals surface area contributed by atoms with E-state index in [0.717, 1.165) is 36.2 Å². The fourth-order valence-corrected chi connectivity index (χ4v) is 4.83. The molecule has 1 saturated carbocycles. The van der Waals surface area contributed by atoms with E-state index in [2.05, 4.69) is 20.4 Å². The summed E-state index contributed by atoms with van der Waals surface area (Å²) in [5.74, 6) is -0.00313. The summed E-state index contributed by atoms with van der Waals surface area (Å²) in [6, 6.07) is 4.07. The molecule has 7 heteroatoms. The smallest absolute Gasteiger partial charge is 0.268 e. The van der Waals surface area contributed by atoms with Gasteiger partial charge in [-0.2, -0.15) is 0 Å². The van der Waals surface area contributed by atoms with E-state index in [1.165, 1.54) is 44.9 Å². The maximum atomic E-state index is 12.8. The average molecular weight is 374 g/mol. The quantitative estimate of drug-likeness (QED) is 0.829. The van der Waals surface area contributed by atoms with Gasteiger partial charge in [-0.3, -0.25) is 9.36 Å². The van der Waals surface area contributed by atoms with Gasteiger partial charge in [-0.15, -0.1) is 10.2 Å². The molecule has 1 amide bonds. The van der Waals surface area contributed by atoms with E-state index in [1.54, 1.807) is 11.3 Å². The number of rotatable bonds is 4. The van der Waals surface area contributed by atoms with Crippen LogP contribution in [0, 0.1) is 0 Å². The van der Waals surface area contributed by atoms with Crippen molar-refractivity contribution in [3.63, 3.8) is 0 Å². The van der Waals surface area contributed by atoms with E-state index in [1.807, 2.05) is 22.9 Å². The van der Waals surface area contributed by atoms with Crippen LogP contribution in [0.2, 0.25) is 0 Å². The van der Waals surface area contributed by atoms with Crippen molar-refractivity contribution in [2.75, 3.05) is 18.0 Å². The number of hydrogen-bond acceptors (Lipinski definition) is 5. The first kappa shape index (κ1) is 17.5. The van der Waals surface area contributed by atoms with Gasteiger partial charge in [-0.05, 0) is 44.2 Å². The van der Waals surface area contributed by atoms with Crippen molar-refractivity contribution in [2.24, 2.45) is 0 Å². The van der Waals surface area contributed by atoms with Crippen LogP contribution in [0.25, 0.3) is 5.13 Å². The van der Waals surface area contributed by atoms with Gasteiger partial charge in [0, 0.05) is 25.3 Å². The predicted octanol–water partition coefficient (Wildman–Crippen LogP) is 3.77. The first-order chi connectivity index (χ1) is 12.8. The zero-order chi connectivity index (χ0) is 17.8. The maximum Gasteiger partial charge on any atom is 0.268 e. The molecule has 1 N–H and O–H groups in total. The van der Waals surface area contributed by atoms with E-state index < -0.39 is 0 Å². The first-order valence-corrected chi connectivity index (χ1v) is 10.7. The van der Waals surface area contributed by atoms with Gasteiger partial charge in [-0.25, -0.2) is 0 Å². The fourth-order valence-electron chi connectivity index (χ4n) is 3.93. The highest BCUT2D eigenvalue weighted by molar-refractivity contribution is 7.17. The Bertz CT molecular complexity index is 726. The Morgan fingerprint density at radius 3 is 2.46 bits per heavy atom. The summed E-state index contributed by atoms with van der Waals surface area (Å²) < 4.78 is 1.87. The van der Waals surface area contributed by atoms with Crippen LogP contribution in [0.1, 0.15) is 68.3 Å². The third-order valence-corrected chi connectivity index (χ3v) is 6.39. The number of piperidine rings is 1. The lowest BCUT2D eigenvalue weighted by Crippen LogP contribution is -2.35. The van der Waals surface area contributed by atoms with Gasteiger partial charge in [0.15, 0.2) is 0 Å². The van der Waals surface area contributed by atoms with Crippen molar-refractivity contribution in [3.05, 3.63) is 24.0 Å². The Morgan fingerprint density at radius 1 is 1.00 bits per heavy atom. The second-order valence-electron chi connectivity index (χ2n) is 7.34. The molecule has 2 aliphatic rings. The molecular weight excluding hydrogens is 346 g/mol. The van der Waals surface area contributed by atoms with Gasteiger partial charge in [0.1, 0.15) is 5.69 Å². The lowest BCUT2D eigenvalue weighted by Gasteiger charge is -2.25. The highest BCUT2D eigenvalue weighted by Crippen LogP contribution is 2.27. The van der Waals surface area contributed by atoms with Crippen LogP contribution >= 0.6 is 11.3 Å². The topological polar surface area (TPSA) is 63.1 Å². The number of carbonyl (C=O) groups excluding carboxylic acids is 1. The first-order valence-electron chi connectivity index (χ1n) is 9.88. The van der Waals surface area contributed by atoms with Crippen LogP contribution in [0.3, 0.4) is 0 Å². The van der Waals surface area contributed by atoms with E-state index in [-0.39, 0.29) is 5.91 Å². The van der Waals surface area contributed by atoms with Gasteiger partial charge >= 0.3 is 0 Å². The van der Waals surface area contributed by atoms with Crippen molar-refractivity contribution in [1.29, 1.82) is 0 Å². The molecule has 0 radical (unpaired) electrons. The molecule has 26 heavy (non-hydrogen) atoms. The van der Waals surface area contributed by atoms with Gasteiger partial charge in [0.25, 0.3) is 5.91 Å². The predicted molar refractivity (Wildman–Crippen MR) is 104 cm³/mol. The third kappa shape index (κ3) is 3.92. The molecule has 1 aliphatic heterocycles. The van der Waals surface area contributed by atoms with Gasteiger partial charge in [0.2, 0.25) is 10.3 Å². The molecule has 3 heterocycles. The van der Waals surface area contributed by atoms with Crippen molar-refractivity contribution >= 4 is 22.4 Å². The van der Waals surface area contributed by atoms with Crippen LogP contribution < -0.4 is 10.2 Å². The van der Waals surface area contributed by atoms with Gasteiger partial charge in [0.05, 0.1) is 0 Å². The van der Waals surface area contributed by atoms with Crippen molar-refractivity contribution in [2.45, 2.75) is 63.8 Å². The average Bonchev–Trinajstić information content (AvgIpc) is 3.28. The second-order valence-corrected chi connectivity index (χ2v) is 8.27. The van der Waals surface area contributed by atoms with Crippen molar-refractivity contribution in [1.82, 2.24) is 20.1 Å². The molecule has 2 aromatic heterocycles. The molecule has 1 aliphatic carbocycles. The van der Waals surface area contributed by atoms with E-state index in [9.17, 15) is 4.79 Å². The third-order valence-electron chi connectivity index (χ3n) is 5.41. The highest BCUT2D eigenvalue weighted by Gasteiger charge is 2.21. The molecule has 0 bridgehead atoms. The zero-order valence-electron chi connectivity index (χ0n) is 15.2. The molecule has 0 aromatic carbocycles. The Kier molecular flexibility index (Phi) is 5.53. The molecule has 0 spiro atoms. The van der Waals surface area contributed by atoms with E-state index in [0.29, 0.717) is 11.7 Å². The summed E-state index contributed by atoms with van der Waals surface area (Å²) in [6.45, 7) is 2.10. The summed E-state index contributed by atoms with van der Waals surface area (Å²) >= 11 is 1.56. The summed E-state index contributed by atoms with van der Waals surface area (Å²) in [5, 5.41) is 13.7. The summed E-state index contributed by atoms with van der Waals surface area (Å²) in [5.41, 5.74) is 0.649. The zero-order valence-corrected chi connectivity index (χ0v) is 16.0. The summed E-state index contributed by atoms with van der Waals surface area (Å²) in [7, 11) is 0. The maximum absolute atomic E-state index is 12.8. The Morgan fingerprint density at radius 2 is 1.69 bits per heavy atom. The molecule has 0 unspecified atom stereocenters. The minimum atomic E-state index is -0.00313. The monoisotopic (exact) mass is 373 g/mol. The summed E-state index contributed by atoms with van der Waals surface area (Å²) in [6.07, 6.45) is 12.8. The number of anilines is 1. The second kappa shape index (κ2) is 8.20. The fraction of sp³-hybridized carbons (Fsp3) is 0.632. The Balaban J connectivity index is 1.47. The minimum Gasteiger partial charge on any atom is -0.348 e. The largest absolute Gasteiger partial charge is 0.348 e. The SMILES string of the molecule is O=C(NC1CCCCCC1)c1cccn1-c1nnc(N2CCCCC2)s1. The number of carbonyl (C=O) groups is 1. The summed E-state index contributed by atoms with van der Waals surface area (Å²) in [4.78, 5) is 15.1. The molecule has 2 aromatic rings. The standard InChI is InChI=1S/C19H27N5OS/c25-17(20-15-9-4-1-2-5-10-15)16-11-8-14-24(16)19-22-21-18(26-19)23-12-6-3-7-13-23/h8,11,14-15H,1-7,9-10,12-13H2,(H,20,25). The number of aromatic nitrogens is 3. The Labute approximate surface area is 158 Å².